The molecule has 0 saturated heterocycles. The Bertz CT molecular complexity index is 524. The second-order valence-electron chi connectivity index (χ2n) is 4.25. The number of aromatic nitrogens is 1. The first-order chi connectivity index (χ1) is 9.24. The molecule has 0 saturated carbocycles. The number of carbonyl (C=O) groups is 1. The van der Waals surface area contributed by atoms with Gasteiger partial charge < -0.3 is 10.6 Å². The van der Waals surface area contributed by atoms with E-state index in [2.05, 4.69) is 15.6 Å². The number of hydrogen-bond donors (Lipinski definition) is 2. The van der Waals surface area contributed by atoms with E-state index in [0.29, 0.717) is 19.6 Å². The molecule has 0 aliphatic rings. The Hall–Kier alpha value is -1.72. The van der Waals surface area contributed by atoms with Gasteiger partial charge in [-0.05, 0) is 12.5 Å². The van der Waals surface area contributed by atoms with Gasteiger partial charge in [0.05, 0.1) is 6.54 Å². The molecule has 2 rings (SSSR count). The molecule has 0 atom stereocenters. The quantitative estimate of drug-likeness (QED) is 0.846. The fourth-order valence-electron chi connectivity index (χ4n) is 1.63. The van der Waals surface area contributed by atoms with Crippen LogP contribution in [0.1, 0.15) is 16.3 Å². The second kappa shape index (κ2) is 7.01. The molecular formula is C14H17N3OS. The van der Waals surface area contributed by atoms with Crippen molar-refractivity contribution in [2.75, 3.05) is 6.54 Å². The molecule has 19 heavy (non-hydrogen) atoms. The van der Waals surface area contributed by atoms with Crippen molar-refractivity contribution in [3.8, 4) is 0 Å². The van der Waals surface area contributed by atoms with E-state index in [1.807, 2.05) is 42.6 Å². The Kier molecular flexibility index (Phi) is 5.06. The van der Waals surface area contributed by atoms with Crippen molar-refractivity contribution < 1.29 is 4.79 Å². The minimum absolute atomic E-state index is 0.00266. The third-order valence-electron chi connectivity index (χ3n) is 2.56. The number of aryl methyl sites for hydroxylation is 1. The fourth-order valence-corrected chi connectivity index (χ4v) is 2.37. The van der Waals surface area contributed by atoms with Gasteiger partial charge in [-0.25, -0.2) is 4.98 Å². The van der Waals surface area contributed by atoms with Crippen LogP contribution in [0.4, 0.5) is 0 Å². The summed E-state index contributed by atoms with van der Waals surface area (Å²) in [5.74, 6) is -0.00266. The molecule has 1 aromatic heterocycles. The van der Waals surface area contributed by atoms with Crippen molar-refractivity contribution >= 4 is 17.2 Å². The molecular weight excluding hydrogens is 258 g/mol. The highest BCUT2D eigenvalue weighted by atomic mass is 32.1. The first-order valence-corrected chi connectivity index (χ1v) is 7.04. The first-order valence-electron chi connectivity index (χ1n) is 6.16. The molecule has 0 radical (unpaired) electrons. The van der Waals surface area contributed by atoms with Crippen LogP contribution in [0.3, 0.4) is 0 Å². The van der Waals surface area contributed by atoms with Gasteiger partial charge in [0.25, 0.3) is 0 Å². The van der Waals surface area contributed by atoms with E-state index in [4.69, 9.17) is 0 Å². The summed E-state index contributed by atoms with van der Waals surface area (Å²) in [5, 5.41) is 8.97. The van der Waals surface area contributed by atoms with Gasteiger partial charge in [0, 0.05) is 24.2 Å². The minimum atomic E-state index is -0.00266. The molecule has 0 spiro atoms. The number of thiazole rings is 1. The molecule has 1 heterocycles. The zero-order valence-electron chi connectivity index (χ0n) is 10.8. The van der Waals surface area contributed by atoms with E-state index in [1.165, 1.54) is 0 Å². The van der Waals surface area contributed by atoms with Crippen molar-refractivity contribution in [1.29, 1.82) is 0 Å². The maximum Gasteiger partial charge on any atom is 0.234 e. The van der Waals surface area contributed by atoms with Crippen LogP contribution in [0, 0.1) is 6.92 Å². The summed E-state index contributed by atoms with van der Waals surface area (Å²) < 4.78 is 0. The van der Waals surface area contributed by atoms with Crippen LogP contribution in [0.2, 0.25) is 0 Å². The van der Waals surface area contributed by atoms with Crippen molar-refractivity contribution in [2.45, 2.75) is 20.0 Å². The average Bonchev–Trinajstić information content (AvgIpc) is 2.83. The Morgan fingerprint density at radius 3 is 2.74 bits per heavy atom. The molecule has 0 aliphatic carbocycles. The zero-order chi connectivity index (χ0) is 13.5. The van der Waals surface area contributed by atoms with Crippen LogP contribution in [-0.2, 0) is 17.9 Å². The second-order valence-corrected chi connectivity index (χ2v) is 5.19. The average molecular weight is 275 g/mol. The largest absolute Gasteiger partial charge is 0.351 e. The minimum Gasteiger partial charge on any atom is -0.351 e. The van der Waals surface area contributed by atoms with Crippen molar-refractivity contribution in [1.82, 2.24) is 15.6 Å². The van der Waals surface area contributed by atoms with Gasteiger partial charge in [-0.2, -0.15) is 0 Å². The summed E-state index contributed by atoms with van der Waals surface area (Å²) >= 11 is 1.61. The molecule has 0 bridgehead atoms. The van der Waals surface area contributed by atoms with Gasteiger partial charge in [0.15, 0.2) is 0 Å². The van der Waals surface area contributed by atoms with Crippen LogP contribution in [0.5, 0.6) is 0 Å². The lowest BCUT2D eigenvalue weighted by atomic mass is 10.2. The molecule has 0 unspecified atom stereocenters. The molecule has 4 nitrogen and oxygen atoms in total. The SMILES string of the molecule is Cc1csc(CNCC(=O)NCc2ccccc2)n1. The van der Waals surface area contributed by atoms with E-state index in [1.54, 1.807) is 11.3 Å². The summed E-state index contributed by atoms with van der Waals surface area (Å²) in [6.07, 6.45) is 0. The van der Waals surface area contributed by atoms with E-state index < -0.39 is 0 Å². The molecule has 2 N–H and O–H groups in total. The maximum absolute atomic E-state index is 11.6. The highest BCUT2D eigenvalue weighted by Crippen LogP contribution is 2.07. The van der Waals surface area contributed by atoms with Crippen LogP contribution < -0.4 is 10.6 Å². The summed E-state index contributed by atoms with van der Waals surface area (Å²) in [6, 6.07) is 9.87. The smallest absolute Gasteiger partial charge is 0.234 e. The van der Waals surface area contributed by atoms with Crippen LogP contribution in [0.25, 0.3) is 0 Å². The normalized spacial score (nSPS) is 10.4. The van der Waals surface area contributed by atoms with Crippen molar-refractivity contribution in [3.63, 3.8) is 0 Å². The van der Waals surface area contributed by atoms with Crippen LogP contribution in [0.15, 0.2) is 35.7 Å². The predicted molar refractivity (Wildman–Crippen MR) is 76.8 cm³/mol. The molecule has 100 valence electrons. The summed E-state index contributed by atoms with van der Waals surface area (Å²) in [6.45, 7) is 3.48. The van der Waals surface area contributed by atoms with Gasteiger partial charge in [-0.15, -0.1) is 11.3 Å². The number of benzene rings is 1. The lowest BCUT2D eigenvalue weighted by Crippen LogP contribution is -2.33. The monoisotopic (exact) mass is 275 g/mol. The van der Waals surface area contributed by atoms with E-state index in [9.17, 15) is 4.79 Å². The molecule has 1 amide bonds. The van der Waals surface area contributed by atoms with E-state index >= 15 is 0 Å². The Labute approximate surface area is 116 Å². The molecule has 1 aromatic carbocycles. The van der Waals surface area contributed by atoms with Gasteiger partial charge in [-0.1, -0.05) is 30.3 Å². The first kappa shape index (κ1) is 13.7. The zero-order valence-corrected chi connectivity index (χ0v) is 11.7. The summed E-state index contributed by atoms with van der Waals surface area (Å²) in [5.41, 5.74) is 2.13. The van der Waals surface area contributed by atoms with Crippen LogP contribution in [-0.4, -0.2) is 17.4 Å². The number of rotatable bonds is 6. The highest BCUT2D eigenvalue weighted by Gasteiger charge is 2.02. The van der Waals surface area contributed by atoms with Crippen molar-refractivity contribution in [2.24, 2.45) is 0 Å². The lowest BCUT2D eigenvalue weighted by Gasteiger charge is -2.05. The molecule has 0 fully saturated rings. The Balaban J connectivity index is 1.65. The van der Waals surface area contributed by atoms with Gasteiger partial charge >= 0.3 is 0 Å². The molecule has 2 aromatic rings. The van der Waals surface area contributed by atoms with Gasteiger partial charge in [-0.3, -0.25) is 4.79 Å². The number of carbonyl (C=O) groups excluding carboxylic acids is 1. The molecule has 0 aliphatic heterocycles. The van der Waals surface area contributed by atoms with E-state index in [-0.39, 0.29) is 5.91 Å². The number of nitrogens with zero attached hydrogens (tertiary/aromatic N) is 1. The maximum atomic E-state index is 11.6. The topological polar surface area (TPSA) is 54.0 Å². The van der Waals surface area contributed by atoms with Crippen LogP contribution >= 0.6 is 11.3 Å². The summed E-state index contributed by atoms with van der Waals surface area (Å²) in [7, 11) is 0. The Morgan fingerprint density at radius 2 is 2.05 bits per heavy atom. The third kappa shape index (κ3) is 4.81. The number of amides is 1. The number of hydrogen-bond acceptors (Lipinski definition) is 4. The van der Waals surface area contributed by atoms with Crippen molar-refractivity contribution in [3.05, 3.63) is 52.0 Å². The third-order valence-corrected chi connectivity index (χ3v) is 3.53. The standard InChI is InChI=1S/C14H17N3OS/c1-11-10-19-14(17-11)9-15-8-13(18)16-7-12-5-3-2-4-6-12/h2-6,10,15H,7-9H2,1H3,(H,16,18). The predicted octanol–water partition coefficient (Wildman–Crippen LogP) is 1.86. The summed E-state index contributed by atoms with van der Waals surface area (Å²) in [4.78, 5) is 15.9. The highest BCUT2D eigenvalue weighted by molar-refractivity contribution is 7.09. The Morgan fingerprint density at radius 1 is 1.26 bits per heavy atom. The lowest BCUT2D eigenvalue weighted by molar-refractivity contribution is -0.120. The van der Waals surface area contributed by atoms with Gasteiger partial charge in [0.2, 0.25) is 5.91 Å². The number of nitrogens with one attached hydrogen (secondary N) is 2. The van der Waals surface area contributed by atoms with E-state index in [0.717, 1.165) is 16.3 Å². The molecule has 5 heteroatoms. The van der Waals surface area contributed by atoms with Gasteiger partial charge in [0.1, 0.15) is 5.01 Å². The fraction of sp³-hybridized carbons (Fsp3) is 0.286.